The number of nitrogens with two attached hydrogens (primary N) is 1. The van der Waals surface area contributed by atoms with Gasteiger partial charge in [0.05, 0.1) is 11.6 Å². The third-order valence-electron chi connectivity index (χ3n) is 2.99. The first-order chi connectivity index (χ1) is 10.1. The van der Waals surface area contributed by atoms with Crippen LogP contribution >= 0.6 is 15.9 Å². The number of hydrogen-bond acceptors (Lipinski definition) is 5. The van der Waals surface area contributed by atoms with Gasteiger partial charge in [-0.15, -0.1) is 0 Å². The molecule has 3 aromatic rings. The molecule has 1 aromatic carbocycles. The molecule has 0 aliphatic rings. The van der Waals surface area contributed by atoms with Gasteiger partial charge in [-0.1, -0.05) is 12.1 Å². The molecule has 6 nitrogen and oxygen atoms in total. The molecule has 0 radical (unpaired) electrons. The van der Waals surface area contributed by atoms with Gasteiger partial charge in [0.2, 0.25) is 0 Å². The average Bonchev–Trinajstić information content (AvgIpc) is 2.96. The fraction of sp³-hybridized carbons (Fsp3) is 0. The quantitative estimate of drug-likeness (QED) is 0.722. The Hall–Kier alpha value is -2.72. The highest BCUT2D eigenvalue weighted by atomic mass is 79.9. The van der Waals surface area contributed by atoms with Crippen LogP contribution in [-0.4, -0.2) is 20.9 Å². The van der Waals surface area contributed by atoms with E-state index in [1.807, 2.05) is 6.07 Å². The van der Waals surface area contributed by atoms with E-state index < -0.39 is 0 Å². The summed E-state index contributed by atoms with van der Waals surface area (Å²) in [6.07, 6.45) is 0.648. The highest BCUT2D eigenvalue weighted by Crippen LogP contribution is 2.30. The number of carbonyl (C=O) groups is 1. The van der Waals surface area contributed by atoms with Gasteiger partial charge in [0, 0.05) is 5.56 Å². The summed E-state index contributed by atoms with van der Waals surface area (Å²) < 4.78 is 2.08. The maximum Gasteiger partial charge on any atom is 0.170 e. The van der Waals surface area contributed by atoms with Crippen LogP contribution in [0, 0.1) is 11.3 Å². The van der Waals surface area contributed by atoms with E-state index in [4.69, 9.17) is 11.0 Å². The summed E-state index contributed by atoms with van der Waals surface area (Å²) in [4.78, 5) is 15.2. The summed E-state index contributed by atoms with van der Waals surface area (Å²) in [5, 5.41) is 13.1. The second-order valence-corrected chi connectivity index (χ2v) is 5.06. The number of aromatic nitrogens is 3. The van der Waals surface area contributed by atoms with Crippen molar-refractivity contribution in [2.45, 2.75) is 0 Å². The summed E-state index contributed by atoms with van der Waals surface area (Å²) in [6, 6.07) is 10.6. The van der Waals surface area contributed by atoms with Crippen LogP contribution in [0.4, 0.5) is 5.82 Å². The Morgan fingerprint density at radius 3 is 2.90 bits per heavy atom. The maximum absolute atomic E-state index is 10.8. The maximum atomic E-state index is 10.8. The number of anilines is 1. The van der Waals surface area contributed by atoms with Crippen molar-refractivity contribution < 1.29 is 4.79 Å². The van der Waals surface area contributed by atoms with Gasteiger partial charge in [0.25, 0.3) is 0 Å². The third-order valence-corrected chi connectivity index (χ3v) is 3.70. The molecule has 0 spiro atoms. The number of fused-ring (bicyclic) bond motifs is 1. The molecule has 21 heavy (non-hydrogen) atoms. The number of benzene rings is 1. The van der Waals surface area contributed by atoms with Crippen LogP contribution in [0.3, 0.4) is 0 Å². The van der Waals surface area contributed by atoms with Crippen molar-refractivity contribution in [1.29, 1.82) is 5.26 Å². The minimum atomic E-state index is 0.260. The molecule has 0 aliphatic heterocycles. The molecule has 0 saturated heterocycles. The Balaban J connectivity index is 2.30. The molecule has 3 rings (SSSR count). The lowest BCUT2D eigenvalue weighted by atomic mass is 10.1. The normalized spacial score (nSPS) is 10.5. The van der Waals surface area contributed by atoms with Gasteiger partial charge in [0.1, 0.15) is 27.3 Å². The van der Waals surface area contributed by atoms with Crippen molar-refractivity contribution in [1.82, 2.24) is 14.6 Å². The van der Waals surface area contributed by atoms with E-state index in [1.165, 1.54) is 4.52 Å². The molecule has 0 aliphatic carbocycles. The lowest BCUT2D eigenvalue weighted by Crippen LogP contribution is -2.02. The fourth-order valence-corrected chi connectivity index (χ4v) is 2.62. The molecule has 2 aromatic heterocycles. The average molecular weight is 342 g/mol. The van der Waals surface area contributed by atoms with E-state index in [0.29, 0.717) is 27.7 Å². The molecule has 0 fully saturated rings. The fourth-order valence-electron chi connectivity index (χ4n) is 2.03. The molecule has 2 N–H and O–H groups in total. The lowest BCUT2D eigenvalue weighted by molar-refractivity contribution is 0.111. The minimum absolute atomic E-state index is 0.260. The predicted octanol–water partition coefficient (Wildman–Crippen LogP) is 2.43. The second kappa shape index (κ2) is 5.00. The first-order valence-corrected chi connectivity index (χ1v) is 6.74. The van der Waals surface area contributed by atoms with Crippen LogP contribution in [-0.2, 0) is 0 Å². The van der Waals surface area contributed by atoms with Gasteiger partial charge in [-0.2, -0.15) is 10.4 Å². The Morgan fingerprint density at radius 1 is 1.38 bits per heavy atom. The highest BCUT2D eigenvalue weighted by molar-refractivity contribution is 9.10. The molecule has 0 unspecified atom stereocenters. The predicted molar refractivity (Wildman–Crippen MR) is 80.6 cm³/mol. The van der Waals surface area contributed by atoms with E-state index in [1.54, 1.807) is 24.3 Å². The van der Waals surface area contributed by atoms with Gasteiger partial charge in [0.15, 0.2) is 6.29 Å². The zero-order chi connectivity index (χ0) is 15.0. The molecule has 0 saturated carbocycles. The van der Waals surface area contributed by atoms with Crippen molar-refractivity contribution in [3.05, 3.63) is 46.2 Å². The highest BCUT2D eigenvalue weighted by Gasteiger charge is 2.15. The summed E-state index contributed by atoms with van der Waals surface area (Å²) in [7, 11) is 0. The van der Waals surface area contributed by atoms with Gasteiger partial charge in [-0.3, -0.25) is 4.79 Å². The number of nitrogen functional groups attached to an aromatic ring is 1. The van der Waals surface area contributed by atoms with Gasteiger partial charge < -0.3 is 5.73 Å². The van der Waals surface area contributed by atoms with Crippen LogP contribution in [0.15, 0.2) is 34.9 Å². The molecule has 2 heterocycles. The van der Waals surface area contributed by atoms with E-state index in [-0.39, 0.29) is 11.5 Å². The summed E-state index contributed by atoms with van der Waals surface area (Å²) in [6.45, 7) is 0. The van der Waals surface area contributed by atoms with Crippen molar-refractivity contribution >= 4 is 33.6 Å². The number of nitriles is 1. The molecule has 102 valence electrons. The topological polar surface area (TPSA) is 97.1 Å². The summed E-state index contributed by atoms with van der Waals surface area (Å²) >= 11 is 3.43. The van der Waals surface area contributed by atoms with E-state index >= 15 is 0 Å². The van der Waals surface area contributed by atoms with E-state index in [9.17, 15) is 4.79 Å². The molecule has 7 heteroatoms. The molecular weight excluding hydrogens is 334 g/mol. The van der Waals surface area contributed by atoms with Crippen LogP contribution in [0.2, 0.25) is 0 Å². The first kappa shape index (κ1) is 13.3. The molecule has 0 amide bonds. The Kier molecular flexibility index (Phi) is 3.16. The lowest BCUT2D eigenvalue weighted by Gasteiger charge is -2.08. The van der Waals surface area contributed by atoms with E-state index in [2.05, 4.69) is 32.1 Å². The smallest absolute Gasteiger partial charge is 0.170 e. The zero-order valence-corrected chi connectivity index (χ0v) is 12.2. The zero-order valence-electron chi connectivity index (χ0n) is 10.6. The largest absolute Gasteiger partial charge is 0.382 e. The monoisotopic (exact) mass is 341 g/mol. The number of nitrogens with zero attached hydrogens (tertiary/aromatic N) is 4. The van der Waals surface area contributed by atoms with Gasteiger partial charge in [-0.05, 0) is 34.1 Å². The second-order valence-electron chi connectivity index (χ2n) is 4.31. The minimum Gasteiger partial charge on any atom is -0.382 e. The van der Waals surface area contributed by atoms with Crippen molar-refractivity contribution in [3.63, 3.8) is 0 Å². The van der Waals surface area contributed by atoms with Gasteiger partial charge in [-0.25, -0.2) is 9.50 Å². The number of hydrogen-bond donors (Lipinski definition) is 1. The summed E-state index contributed by atoms with van der Waals surface area (Å²) in [5.74, 6) is 0.260. The van der Waals surface area contributed by atoms with E-state index in [0.717, 1.165) is 5.56 Å². The number of aldehydes is 1. The molecule has 0 atom stereocenters. The van der Waals surface area contributed by atoms with Crippen LogP contribution in [0.25, 0.3) is 16.8 Å². The standard InChI is InChI=1S/C14H8BrN5O/c15-13-12(9-3-1-2-8(4-9)6-16)18-14(17)11-5-10(7-21)19-20(11)13/h1-5,7H,(H2,17,18). The van der Waals surface area contributed by atoms with Crippen molar-refractivity contribution in [2.24, 2.45) is 0 Å². The van der Waals surface area contributed by atoms with Crippen LogP contribution in [0.1, 0.15) is 16.1 Å². The number of carbonyl (C=O) groups excluding carboxylic acids is 1. The van der Waals surface area contributed by atoms with Gasteiger partial charge >= 0.3 is 0 Å². The van der Waals surface area contributed by atoms with Crippen LogP contribution < -0.4 is 5.73 Å². The Labute approximate surface area is 128 Å². The number of rotatable bonds is 2. The third kappa shape index (κ3) is 2.15. The van der Waals surface area contributed by atoms with Crippen LogP contribution in [0.5, 0.6) is 0 Å². The Morgan fingerprint density at radius 2 is 2.19 bits per heavy atom. The first-order valence-electron chi connectivity index (χ1n) is 5.94. The number of halogens is 1. The van der Waals surface area contributed by atoms with Crippen molar-refractivity contribution in [3.8, 4) is 17.3 Å². The molecule has 0 bridgehead atoms. The molecular formula is C14H8BrN5O. The summed E-state index contributed by atoms with van der Waals surface area (Å²) in [5.41, 5.74) is 8.55. The van der Waals surface area contributed by atoms with Crippen molar-refractivity contribution in [2.75, 3.05) is 5.73 Å². The SMILES string of the molecule is N#Cc1cccc(-c2nc(N)c3cc(C=O)nn3c2Br)c1. The Bertz CT molecular complexity index is 910.